The summed E-state index contributed by atoms with van der Waals surface area (Å²) in [5.41, 5.74) is 1.03. The Kier molecular flexibility index (Phi) is 5.23. The molecule has 0 bridgehead atoms. The summed E-state index contributed by atoms with van der Waals surface area (Å²) < 4.78 is 20.6. The van der Waals surface area contributed by atoms with Crippen LogP contribution >= 0.6 is 0 Å². The number of aromatic nitrogens is 4. The van der Waals surface area contributed by atoms with E-state index in [9.17, 15) is 4.39 Å². The van der Waals surface area contributed by atoms with Crippen molar-refractivity contribution >= 4 is 16.9 Å². The SMILES string of the molecule is COC(C)(C(C)C)C1CN(c2ccc(F)c(-c3[nH]nc4ncccc34)n2)CCN1.[HH]. The van der Waals surface area contributed by atoms with Crippen LogP contribution in [0.4, 0.5) is 10.2 Å². The predicted octanol–water partition coefficient (Wildman–Crippen LogP) is 3.24. The molecule has 0 saturated carbocycles. The third kappa shape index (κ3) is 3.47. The number of rotatable bonds is 5. The van der Waals surface area contributed by atoms with Crippen molar-refractivity contribution in [2.75, 3.05) is 31.6 Å². The van der Waals surface area contributed by atoms with E-state index >= 15 is 0 Å². The summed E-state index contributed by atoms with van der Waals surface area (Å²) in [5.74, 6) is 0.686. The smallest absolute Gasteiger partial charge is 0.181 e. The summed E-state index contributed by atoms with van der Waals surface area (Å²) in [6, 6.07) is 7.01. The zero-order valence-corrected chi connectivity index (χ0v) is 17.2. The van der Waals surface area contributed by atoms with Gasteiger partial charge in [-0.05, 0) is 37.1 Å². The summed E-state index contributed by atoms with van der Waals surface area (Å²) in [6.45, 7) is 8.78. The van der Waals surface area contributed by atoms with Crippen molar-refractivity contribution in [3.05, 3.63) is 36.3 Å². The van der Waals surface area contributed by atoms with Crippen molar-refractivity contribution in [1.29, 1.82) is 0 Å². The van der Waals surface area contributed by atoms with Crippen molar-refractivity contribution < 1.29 is 10.6 Å². The van der Waals surface area contributed by atoms with Gasteiger partial charge in [0.1, 0.15) is 11.5 Å². The molecule has 1 saturated heterocycles. The number of fused-ring (bicyclic) bond motifs is 1. The number of piperazine rings is 1. The summed E-state index contributed by atoms with van der Waals surface area (Å²) in [5, 5.41) is 11.4. The Morgan fingerprint density at radius 2 is 2.17 bits per heavy atom. The third-order valence-electron chi connectivity index (χ3n) is 6.18. The van der Waals surface area contributed by atoms with E-state index in [2.05, 4.69) is 51.2 Å². The number of aromatic amines is 1. The topological polar surface area (TPSA) is 79.0 Å². The Morgan fingerprint density at radius 1 is 1.34 bits per heavy atom. The fraction of sp³-hybridized carbons (Fsp3) is 0.476. The van der Waals surface area contributed by atoms with E-state index in [1.165, 1.54) is 6.07 Å². The van der Waals surface area contributed by atoms with Crippen LogP contribution in [-0.4, -0.2) is 58.6 Å². The molecule has 0 spiro atoms. The van der Waals surface area contributed by atoms with Crippen LogP contribution in [0.1, 0.15) is 22.2 Å². The van der Waals surface area contributed by atoms with Crippen LogP contribution in [0.15, 0.2) is 30.5 Å². The minimum atomic E-state index is -0.390. The van der Waals surface area contributed by atoms with Crippen molar-refractivity contribution in [2.24, 2.45) is 5.92 Å². The van der Waals surface area contributed by atoms with Crippen LogP contribution in [0.2, 0.25) is 0 Å². The Hall–Kier alpha value is -2.58. The lowest BCUT2D eigenvalue weighted by Crippen LogP contribution is -2.63. The molecule has 4 rings (SSSR count). The predicted molar refractivity (Wildman–Crippen MR) is 113 cm³/mol. The molecule has 2 atom stereocenters. The summed E-state index contributed by atoms with van der Waals surface area (Å²) in [6.07, 6.45) is 1.66. The zero-order chi connectivity index (χ0) is 20.6. The molecule has 7 nitrogen and oxygen atoms in total. The molecule has 2 unspecified atom stereocenters. The first-order chi connectivity index (χ1) is 13.9. The van der Waals surface area contributed by atoms with Gasteiger partial charge in [0, 0.05) is 39.8 Å². The maximum absolute atomic E-state index is 14.7. The first-order valence-corrected chi connectivity index (χ1v) is 9.93. The van der Waals surface area contributed by atoms with Crippen LogP contribution in [0.5, 0.6) is 0 Å². The number of halogens is 1. The molecule has 3 aromatic heterocycles. The minimum Gasteiger partial charge on any atom is -0.377 e. The lowest BCUT2D eigenvalue weighted by molar-refractivity contribution is -0.0614. The number of hydrogen-bond donors (Lipinski definition) is 2. The number of anilines is 1. The first-order valence-electron chi connectivity index (χ1n) is 9.93. The van der Waals surface area contributed by atoms with Crippen LogP contribution in [0.25, 0.3) is 22.4 Å². The Bertz CT molecular complexity index is 1010. The number of ether oxygens (including phenoxy) is 1. The molecule has 1 fully saturated rings. The molecule has 0 aliphatic carbocycles. The second kappa shape index (κ2) is 7.68. The van der Waals surface area contributed by atoms with Gasteiger partial charge in [0.05, 0.1) is 17.3 Å². The number of nitrogens with one attached hydrogen (secondary N) is 2. The van der Waals surface area contributed by atoms with Crippen LogP contribution in [0.3, 0.4) is 0 Å². The fourth-order valence-corrected chi connectivity index (χ4v) is 3.94. The molecule has 3 aromatic rings. The average Bonchev–Trinajstić information content (AvgIpc) is 3.17. The van der Waals surface area contributed by atoms with Crippen LogP contribution < -0.4 is 10.2 Å². The Morgan fingerprint density at radius 3 is 2.93 bits per heavy atom. The lowest BCUT2D eigenvalue weighted by Gasteiger charge is -2.45. The molecule has 0 radical (unpaired) electrons. The van der Waals surface area contributed by atoms with Gasteiger partial charge in [-0.15, -0.1) is 0 Å². The normalized spacial score (nSPS) is 19.7. The number of methoxy groups -OCH3 is 1. The van der Waals surface area contributed by atoms with Crippen molar-refractivity contribution in [3.63, 3.8) is 0 Å². The maximum Gasteiger partial charge on any atom is 0.181 e. The molecule has 156 valence electrons. The monoisotopic (exact) mass is 400 g/mol. The van der Waals surface area contributed by atoms with E-state index in [0.29, 0.717) is 17.3 Å². The van der Waals surface area contributed by atoms with E-state index < -0.39 is 5.82 Å². The van der Waals surface area contributed by atoms with Gasteiger partial charge in [-0.25, -0.2) is 14.4 Å². The highest BCUT2D eigenvalue weighted by atomic mass is 19.1. The van der Waals surface area contributed by atoms with Crippen molar-refractivity contribution in [2.45, 2.75) is 32.4 Å². The maximum atomic E-state index is 14.7. The van der Waals surface area contributed by atoms with E-state index in [0.717, 1.165) is 30.8 Å². The highest BCUT2D eigenvalue weighted by Crippen LogP contribution is 2.30. The van der Waals surface area contributed by atoms with Gasteiger partial charge < -0.3 is 15.0 Å². The van der Waals surface area contributed by atoms with Crippen molar-refractivity contribution in [3.8, 4) is 11.4 Å². The summed E-state index contributed by atoms with van der Waals surface area (Å²) in [7, 11) is 1.76. The third-order valence-corrected chi connectivity index (χ3v) is 6.18. The minimum absolute atomic E-state index is 0. The van der Waals surface area contributed by atoms with Crippen LogP contribution in [-0.2, 0) is 4.74 Å². The largest absolute Gasteiger partial charge is 0.377 e. The Labute approximate surface area is 171 Å². The van der Waals surface area contributed by atoms with Crippen LogP contribution in [0, 0.1) is 11.7 Å². The van der Waals surface area contributed by atoms with Gasteiger partial charge in [0.15, 0.2) is 11.5 Å². The van der Waals surface area contributed by atoms with Gasteiger partial charge >= 0.3 is 0 Å². The molecule has 4 heterocycles. The second-order valence-electron chi connectivity index (χ2n) is 7.97. The van der Waals surface area contributed by atoms with Gasteiger partial charge in [-0.2, -0.15) is 5.10 Å². The second-order valence-corrected chi connectivity index (χ2v) is 7.97. The zero-order valence-electron chi connectivity index (χ0n) is 17.2. The van der Waals surface area contributed by atoms with E-state index in [-0.39, 0.29) is 18.8 Å². The summed E-state index contributed by atoms with van der Waals surface area (Å²) >= 11 is 0. The molecule has 0 aromatic carbocycles. The van der Waals surface area contributed by atoms with Gasteiger partial charge in [0.25, 0.3) is 0 Å². The van der Waals surface area contributed by atoms with Gasteiger partial charge in [-0.3, -0.25) is 5.10 Å². The summed E-state index contributed by atoms with van der Waals surface area (Å²) in [4.78, 5) is 11.0. The highest BCUT2D eigenvalue weighted by molar-refractivity contribution is 5.89. The molecular weight excluding hydrogens is 371 g/mol. The lowest BCUT2D eigenvalue weighted by atomic mass is 9.83. The standard InChI is InChI=1S/C21H27FN6O.H2/c1-13(2)21(3,29-4)16-12-28(11-10-23-16)17-8-7-15(22)19(25-17)18-14-6-5-9-24-20(14)27-26-18;/h5-9,13,16,23H,10-12H2,1-4H3,(H,24,26,27);1H. The van der Waals surface area contributed by atoms with E-state index in [1.54, 1.807) is 19.4 Å². The molecular formula is C21H29FN6O. The highest BCUT2D eigenvalue weighted by Gasteiger charge is 2.40. The molecule has 1 aliphatic rings. The van der Waals surface area contributed by atoms with Crippen molar-refractivity contribution in [1.82, 2.24) is 25.5 Å². The quantitative estimate of drug-likeness (QED) is 0.685. The number of nitrogens with zero attached hydrogens (tertiary/aromatic N) is 4. The van der Waals surface area contributed by atoms with Gasteiger partial charge in [0.2, 0.25) is 0 Å². The number of pyridine rings is 2. The van der Waals surface area contributed by atoms with Gasteiger partial charge in [-0.1, -0.05) is 13.8 Å². The average molecular weight is 401 g/mol. The number of H-pyrrole nitrogens is 1. The number of hydrogen-bond acceptors (Lipinski definition) is 6. The van der Waals surface area contributed by atoms with E-state index in [4.69, 9.17) is 4.74 Å². The molecule has 29 heavy (non-hydrogen) atoms. The molecule has 2 N–H and O–H groups in total. The first kappa shape index (κ1) is 19.7. The molecule has 0 amide bonds. The Balaban J connectivity index is 0.00000256. The molecule has 8 heteroatoms. The molecule has 1 aliphatic heterocycles. The fourth-order valence-electron chi connectivity index (χ4n) is 3.94. The van der Waals surface area contributed by atoms with E-state index in [1.807, 2.05) is 12.1 Å².